The third-order valence-corrected chi connectivity index (χ3v) is 4.99. The number of anilines is 2. The van der Waals surface area contributed by atoms with Gasteiger partial charge in [-0.05, 0) is 48.4 Å². The number of nitro benzene ring substituents is 1. The number of carbonyl (C=O) groups excluding carboxylic acids is 3. The van der Waals surface area contributed by atoms with Crippen molar-refractivity contribution in [3.8, 4) is 5.75 Å². The second-order valence-electron chi connectivity index (χ2n) is 7.48. The first kappa shape index (κ1) is 25.8. The van der Waals surface area contributed by atoms with Gasteiger partial charge in [-0.15, -0.1) is 0 Å². The van der Waals surface area contributed by atoms with Gasteiger partial charge in [-0.3, -0.25) is 19.7 Å². The molecule has 0 aromatic heterocycles. The largest absolute Gasteiger partial charge is 0.497 e. The molecule has 0 atom stereocenters. The van der Waals surface area contributed by atoms with Crippen molar-refractivity contribution in [3.05, 3.63) is 93.8 Å². The number of esters is 1. The summed E-state index contributed by atoms with van der Waals surface area (Å²) in [7, 11) is 1.56. The molecule has 0 aliphatic rings. The van der Waals surface area contributed by atoms with E-state index in [1.165, 1.54) is 12.1 Å². The van der Waals surface area contributed by atoms with E-state index >= 15 is 0 Å². The molecule has 3 aromatic rings. The van der Waals surface area contributed by atoms with E-state index in [2.05, 4.69) is 10.6 Å². The number of carbonyl (C=O) groups is 3. The monoisotopic (exact) mass is 495 g/mol. The summed E-state index contributed by atoms with van der Waals surface area (Å²) in [5.74, 6) is -2.20. The maximum Gasteiger partial charge on any atom is 0.340 e. The number of nitrogens with one attached hydrogen (secondary N) is 2. The van der Waals surface area contributed by atoms with Gasteiger partial charge in [0.15, 0.2) is 6.61 Å². The zero-order valence-corrected chi connectivity index (χ0v) is 19.2. The standard InChI is InChI=1S/C25H22FN3O7/c1-35-18-10-6-16(7-11-18)8-13-23(30)27-20-5-3-2-4-19(20)25(32)36-15-24(31)28-21-12-9-17(26)14-22(21)29(33)34/h2-7,9-12,14H,8,13,15H2,1H3,(H,27,30)(H,28,31). The van der Waals surface area contributed by atoms with E-state index in [0.717, 1.165) is 17.7 Å². The minimum Gasteiger partial charge on any atom is -0.497 e. The smallest absolute Gasteiger partial charge is 0.340 e. The van der Waals surface area contributed by atoms with E-state index in [1.807, 2.05) is 12.1 Å². The average Bonchev–Trinajstić information content (AvgIpc) is 2.87. The molecule has 36 heavy (non-hydrogen) atoms. The van der Waals surface area contributed by atoms with Crippen LogP contribution in [0.4, 0.5) is 21.5 Å². The van der Waals surface area contributed by atoms with Gasteiger partial charge < -0.3 is 20.1 Å². The van der Waals surface area contributed by atoms with Gasteiger partial charge in [-0.1, -0.05) is 24.3 Å². The highest BCUT2D eigenvalue weighted by atomic mass is 19.1. The number of amides is 2. The number of nitro groups is 1. The zero-order chi connectivity index (χ0) is 26.1. The number of halogens is 1. The minimum atomic E-state index is -0.884. The Bertz CT molecular complexity index is 1280. The summed E-state index contributed by atoms with van der Waals surface area (Å²) < 4.78 is 23.4. The molecule has 2 amide bonds. The molecule has 3 aromatic carbocycles. The Hall–Kier alpha value is -4.80. The van der Waals surface area contributed by atoms with Crippen molar-refractivity contribution in [2.24, 2.45) is 0 Å². The number of hydrogen-bond donors (Lipinski definition) is 2. The number of benzene rings is 3. The second-order valence-corrected chi connectivity index (χ2v) is 7.48. The highest BCUT2D eigenvalue weighted by Gasteiger charge is 2.19. The quantitative estimate of drug-likeness (QED) is 0.245. The van der Waals surface area contributed by atoms with Crippen molar-refractivity contribution in [1.82, 2.24) is 0 Å². The number of aryl methyl sites for hydroxylation is 1. The molecule has 0 radical (unpaired) electrons. The molecule has 0 unspecified atom stereocenters. The van der Waals surface area contributed by atoms with Crippen molar-refractivity contribution in [2.45, 2.75) is 12.8 Å². The van der Waals surface area contributed by atoms with Crippen LogP contribution >= 0.6 is 0 Å². The van der Waals surface area contributed by atoms with E-state index in [4.69, 9.17) is 9.47 Å². The van der Waals surface area contributed by atoms with Crippen LogP contribution in [-0.2, 0) is 20.7 Å². The predicted molar refractivity (Wildman–Crippen MR) is 128 cm³/mol. The Labute approximate surface area is 205 Å². The molecule has 11 heteroatoms. The number of rotatable bonds is 10. The number of para-hydroxylation sites is 1. The molecule has 10 nitrogen and oxygen atoms in total. The first-order valence-corrected chi connectivity index (χ1v) is 10.7. The summed E-state index contributed by atoms with van der Waals surface area (Å²) in [6, 6.07) is 16.1. The Balaban J connectivity index is 1.56. The van der Waals surface area contributed by atoms with Crippen LogP contribution in [0.3, 0.4) is 0 Å². The Morgan fingerprint density at radius 2 is 1.64 bits per heavy atom. The average molecular weight is 495 g/mol. The van der Waals surface area contributed by atoms with Crippen LogP contribution in [0, 0.1) is 15.9 Å². The molecular formula is C25H22FN3O7. The van der Waals surface area contributed by atoms with Gasteiger partial charge in [-0.2, -0.15) is 0 Å². The summed E-state index contributed by atoms with van der Waals surface area (Å²) >= 11 is 0. The predicted octanol–water partition coefficient (Wildman–Crippen LogP) is 4.11. The summed E-state index contributed by atoms with van der Waals surface area (Å²) in [5.41, 5.74) is 0.281. The van der Waals surface area contributed by atoms with Crippen LogP contribution in [0.1, 0.15) is 22.3 Å². The minimum absolute atomic E-state index is 0.0239. The fraction of sp³-hybridized carbons (Fsp3) is 0.160. The highest BCUT2D eigenvalue weighted by Crippen LogP contribution is 2.25. The molecule has 0 aliphatic carbocycles. The summed E-state index contributed by atoms with van der Waals surface area (Å²) in [4.78, 5) is 47.3. The lowest BCUT2D eigenvalue weighted by Gasteiger charge is -2.11. The third-order valence-electron chi connectivity index (χ3n) is 4.99. The van der Waals surface area contributed by atoms with Crippen molar-refractivity contribution in [1.29, 1.82) is 0 Å². The van der Waals surface area contributed by atoms with Crippen molar-refractivity contribution < 1.29 is 33.2 Å². The number of nitrogens with zero attached hydrogens (tertiary/aromatic N) is 1. The van der Waals surface area contributed by atoms with E-state index in [1.54, 1.807) is 31.4 Å². The molecule has 0 saturated heterocycles. The summed E-state index contributed by atoms with van der Waals surface area (Å²) in [5, 5.41) is 15.9. The lowest BCUT2D eigenvalue weighted by Crippen LogP contribution is -2.22. The lowest BCUT2D eigenvalue weighted by atomic mass is 10.1. The highest BCUT2D eigenvalue weighted by molar-refractivity contribution is 6.02. The van der Waals surface area contributed by atoms with E-state index in [9.17, 15) is 28.9 Å². The normalized spacial score (nSPS) is 10.3. The van der Waals surface area contributed by atoms with Crippen LogP contribution in [-0.4, -0.2) is 36.4 Å². The van der Waals surface area contributed by atoms with Crippen LogP contribution in [0.15, 0.2) is 66.7 Å². The molecular weight excluding hydrogens is 473 g/mol. The number of ether oxygens (including phenoxy) is 2. The van der Waals surface area contributed by atoms with E-state index < -0.39 is 34.9 Å². The van der Waals surface area contributed by atoms with Crippen LogP contribution in [0.25, 0.3) is 0 Å². The lowest BCUT2D eigenvalue weighted by molar-refractivity contribution is -0.384. The van der Waals surface area contributed by atoms with E-state index in [0.29, 0.717) is 18.2 Å². The fourth-order valence-electron chi connectivity index (χ4n) is 3.19. The Morgan fingerprint density at radius 1 is 0.944 bits per heavy atom. The maximum absolute atomic E-state index is 13.3. The molecule has 0 bridgehead atoms. The zero-order valence-electron chi connectivity index (χ0n) is 19.2. The van der Waals surface area contributed by atoms with Gasteiger partial charge in [-0.25, -0.2) is 9.18 Å². The molecule has 0 spiro atoms. The molecule has 3 rings (SSSR count). The van der Waals surface area contributed by atoms with Gasteiger partial charge in [0.2, 0.25) is 5.91 Å². The third kappa shape index (κ3) is 7.10. The van der Waals surface area contributed by atoms with Crippen LogP contribution < -0.4 is 15.4 Å². The van der Waals surface area contributed by atoms with E-state index in [-0.39, 0.29) is 29.3 Å². The Kier molecular flexibility index (Phi) is 8.65. The second kappa shape index (κ2) is 12.1. The molecule has 2 N–H and O–H groups in total. The summed E-state index contributed by atoms with van der Waals surface area (Å²) in [6.07, 6.45) is 0.632. The van der Waals surface area contributed by atoms with Gasteiger partial charge in [0.05, 0.1) is 29.4 Å². The van der Waals surface area contributed by atoms with Gasteiger partial charge in [0, 0.05) is 6.42 Å². The first-order chi connectivity index (χ1) is 17.3. The summed E-state index contributed by atoms with van der Waals surface area (Å²) in [6.45, 7) is -0.757. The van der Waals surface area contributed by atoms with Crippen LogP contribution in [0.5, 0.6) is 5.75 Å². The van der Waals surface area contributed by atoms with Gasteiger partial charge in [0.1, 0.15) is 17.3 Å². The Morgan fingerprint density at radius 3 is 2.33 bits per heavy atom. The number of methoxy groups -OCH3 is 1. The van der Waals surface area contributed by atoms with Crippen molar-refractivity contribution >= 4 is 34.8 Å². The first-order valence-electron chi connectivity index (χ1n) is 10.7. The van der Waals surface area contributed by atoms with Crippen molar-refractivity contribution in [2.75, 3.05) is 24.4 Å². The molecule has 0 saturated carbocycles. The topological polar surface area (TPSA) is 137 Å². The van der Waals surface area contributed by atoms with Gasteiger partial charge >= 0.3 is 5.97 Å². The van der Waals surface area contributed by atoms with Crippen molar-refractivity contribution in [3.63, 3.8) is 0 Å². The molecule has 186 valence electrons. The SMILES string of the molecule is COc1ccc(CCC(=O)Nc2ccccc2C(=O)OCC(=O)Nc2ccc(F)cc2[N+](=O)[O-])cc1. The maximum atomic E-state index is 13.3. The number of hydrogen-bond acceptors (Lipinski definition) is 7. The molecule has 0 aliphatic heterocycles. The molecule has 0 heterocycles. The molecule has 0 fully saturated rings. The van der Waals surface area contributed by atoms with Gasteiger partial charge in [0.25, 0.3) is 11.6 Å². The van der Waals surface area contributed by atoms with Crippen LogP contribution in [0.2, 0.25) is 0 Å². The fourth-order valence-corrected chi connectivity index (χ4v) is 3.19.